The minimum Gasteiger partial charge on any atom is -0.506 e. The van der Waals surface area contributed by atoms with Crippen molar-refractivity contribution in [3.8, 4) is 17.2 Å². The van der Waals surface area contributed by atoms with Gasteiger partial charge in [-0.3, -0.25) is 4.79 Å². The Kier molecular flexibility index (Phi) is 2.10. The summed E-state index contributed by atoms with van der Waals surface area (Å²) < 4.78 is 0. The molecule has 0 bridgehead atoms. The number of benzene rings is 1. The average Bonchev–Trinajstić information content (AvgIpc) is 2.02. The second kappa shape index (κ2) is 2.91. The van der Waals surface area contributed by atoms with Crippen molar-refractivity contribution in [3.63, 3.8) is 0 Å². The normalized spacial score (nSPS) is 9.75. The van der Waals surface area contributed by atoms with Gasteiger partial charge in [0.15, 0.2) is 17.8 Å². The second-order valence-electron chi connectivity index (χ2n) is 2.11. The van der Waals surface area contributed by atoms with Crippen molar-refractivity contribution in [1.29, 1.82) is 0 Å². The van der Waals surface area contributed by atoms with Crippen LogP contribution in [-0.2, 0) is 0 Å². The third-order valence-corrected chi connectivity index (χ3v) is 1.75. The molecule has 64 valence electrons. The Morgan fingerprint density at radius 3 is 2.33 bits per heavy atom. The Labute approximate surface area is 72.6 Å². The van der Waals surface area contributed by atoms with Crippen molar-refractivity contribution >= 4 is 17.9 Å². The summed E-state index contributed by atoms with van der Waals surface area (Å²) in [5.74, 6) is -1.67. The van der Waals surface area contributed by atoms with E-state index >= 15 is 0 Å². The lowest BCUT2D eigenvalue weighted by Crippen LogP contribution is -1.84. The van der Waals surface area contributed by atoms with E-state index in [0.29, 0.717) is 0 Å². The first-order valence-electron chi connectivity index (χ1n) is 2.96. The standard InChI is InChI=1S/C7H5ClO4/c8-6-3(2-9)7(12)5(11)1-4(6)10/h1-2,10-12H. The summed E-state index contributed by atoms with van der Waals surface area (Å²) in [5.41, 5.74) is -0.325. The van der Waals surface area contributed by atoms with Gasteiger partial charge in [0.25, 0.3) is 0 Å². The molecule has 0 aliphatic rings. The fourth-order valence-corrected chi connectivity index (χ4v) is 0.937. The van der Waals surface area contributed by atoms with E-state index in [2.05, 4.69) is 0 Å². The van der Waals surface area contributed by atoms with Crippen LogP contribution in [0.1, 0.15) is 10.4 Å². The molecule has 1 aromatic rings. The van der Waals surface area contributed by atoms with Gasteiger partial charge >= 0.3 is 0 Å². The Hall–Kier alpha value is -1.42. The lowest BCUT2D eigenvalue weighted by Gasteiger charge is -2.04. The summed E-state index contributed by atoms with van der Waals surface area (Å²) in [7, 11) is 0. The molecule has 0 fully saturated rings. The molecule has 0 saturated carbocycles. The molecule has 0 heterocycles. The Morgan fingerprint density at radius 2 is 1.83 bits per heavy atom. The molecule has 0 aliphatic carbocycles. The second-order valence-corrected chi connectivity index (χ2v) is 2.49. The van der Waals surface area contributed by atoms with E-state index < -0.39 is 17.2 Å². The zero-order valence-corrected chi connectivity index (χ0v) is 6.54. The zero-order chi connectivity index (χ0) is 9.30. The summed E-state index contributed by atoms with van der Waals surface area (Å²) in [6.07, 6.45) is 0.247. The first-order chi connectivity index (χ1) is 5.57. The molecule has 1 aromatic carbocycles. The number of aromatic hydroxyl groups is 3. The van der Waals surface area contributed by atoms with Gasteiger partial charge in [-0.2, -0.15) is 0 Å². The molecule has 0 atom stereocenters. The molecule has 1 rings (SSSR count). The van der Waals surface area contributed by atoms with Crippen molar-refractivity contribution in [1.82, 2.24) is 0 Å². The van der Waals surface area contributed by atoms with E-state index in [1.54, 1.807) is 0 Å². The molecule has 12 heavy (non-hydrogen) atoms. The van der Waals surface area contributed by atoms with Gasteiger partial charge in [0, 0.05) is 6.07 Å². The summed E-state index contributed by atoms with van der Waals surface area (Å²) in [4.78, 5) is 10.3. The van der Waals surface area contributed by atoms with Crippen LogP contribution in [0.5, 0.6) is 17.2 Å². The number of hydrogen-bond acceptors (Lipinski definition) is 4. The van der Waals surface area contributed by atoms with Gasteiger partial charge in [-0.1, -0.05) is 11.6 Å². The molecule has 0 unspecified atom stereocenters. The molecule has 0 spiro atoms. The SMILES string of the molecule is O=Cc1c(O)c(O)cc(O)c1Cl. The molecule has 3 N–H and O–H groups in total. The first-order valence-corrected chi connectivity index (χ1v) is 3.34. The fourth-order valence-electron chi connectivity index (χ4n) is 0.749. The number of phenolic OH excluding ortho intramolecular Hbond substituents is 3. The maximum Gasteiger partial charge on any atom is 0.169 e. The largest absolute Gasteiger partial charge is 0.506 e. The third kappa shape index (κ3) is 1.16. The van der Waals surface area contributed by atoms with E-state index in [0.717, 1.165) is 6.07 Å². The third-order valence-electron chi connectivity index (χ3n) is 1.35. The monoisotopic (exact) mass is 188 g/mol. The van der Waals surface area contributed by atoms with Crippen molar-refractivity contribution in [2.75, 3.05) is 0 Å². The van der Waals surface area contributed by atoms with Crippen LogP contribution in [0, 0.1) is 0 Å². The van der Waals surface area contributed by atoms with Crippen molar-refractivity contribution in [2.45, 2.75) is 0 Å². The van der Waals surface area contributed by atoms with Crippen LogP contribution in [0.2, 0.25) is 5.02 Å². The van der Waals surface area contributed by atoms with Crippen LogP contribution in [-0.4, -0.2) is 21.6 Å². The number of halogens is 1. The van der Waals surface area contributed by atoms with Crippen LogP contribution in [0.25, 0.3) is 0 Å². The topological polar surface area (TPSA) is 77.8 Å². The highest BCUT2D eigenvalue weighted by molar-refractivity contribution is 6.34. The van der Waals surface area contributed by atoms with Crippen LogP contribution in [0.3, 0.4) is 0 Å². The summed E-state index contributed by atoms with van der Waals surface area (Å²) in [6.45, 7) is 0. The van der Waals surface area contributed by atoms with Gasteiger partial charge in [0.1, 0.15) is 5.75 Å². The molecular weight excluding hydrogens is 184 g/mol. The predicted octanol–water partition coefficient (Wildman–Crippen LogP) is 1.27. The highest BCUT2D eigenvalue weighted by atomic mass is 35.5. The van der Waals surface area contributed by atoms with Gasteiger partial charge in [-0.15, -0.1) is 0 Å². The van der Waals surface area contributed by atoms with Crippen LogP contribution in [0.4, 0.5) is 0 Å². The molecule has 5 heteroatoms. The van der Waals surface area contributed by atoms with E-state index in [1.165, 1.54) is 0 Å². The van der Waals surface area contributed by atoms with E-state index in [9.17, 15) is 4.79 Å². The molecule has 0 saturated heterocycles. The molecule has 0 aliphatic heterocycles. The highest BCUT2D eigenvalue weighted by Gasteiger charge is 2.14. The van der Waals surface area contributed by atoms with Crippen LogP contribution in [0.15, 0.2) is 6.07 Å². The lowest BCUT2D eigenvalue weighted by molar-refractivity contribution is 0.112. The van der Waals surface area contributed by atoms with Crippen LogP contribution < -0.4 is 0 Å². The Morgan fingerprint density at radius 1 is 1.25 bits per heavy atom. The predicted molar refractivity (Wildman–Crippen MR) is 41.8 cm³/mol. The van der Waals surface area contributed by atoms with Gasteiger partial charge in [-0.25, -0.2) is 0 Å². The van der Waals surface area contributed by atoms with E-state index in [4.69, 9.17) is 26.9 Å². The minimum atomic E-state index is -0.632. The number of hydrogen-bond donors (Lipinski definition) is 3. The highest BCUT2D eigenvalue weighted by Crippen LogP contribution is 2.39. The summed E-state index contributed by atoms with van der Waals surface area (Å²) in [6, 6.07) is 0.852. The molecule has 0 aromatic heterocycles. The maximum atomic E-state index is 10.3. The number of carbonyl (C=O) groups excluding carboxylic acids is 1. The van der Waals surface area contributed by atoms with Crippen LogP contribution >= 0.6 is 11.6 Å². The van der Waals surface area contributed by atoms with Crippen molar-refractivity contribution < 1.29 is 20.1 Å². The quantitative estimate of drug-likeness (QED) is 0.352. The number of rotatable bonds is 1. The molecular formula is C7H5ClO4. The molecule has 0 radical (unpaired) electrons. The zero-order valence-electron chi connectivity index (χ0n) is 5.78. The van der Waals surface area contributed by atoms with E-state index in [1.807, 2.05) is 0 Å². The van der Waals surface area contributed by atoms with Gasteiger partial charge in [-0.05, 0) is 0 Å². The summed E-state index contributed by atoms with van der Waals surface area (Å²) >= 11 is 5.42. The minimum absolute atomic E-state index is 0.247. The average molecular weight is 189 g/mol. The number of phenols is 3. The lowest BCUT2D eigenvalue weighted by atomic mass is 10.2. The number of aldehydes is 1. The maximum absolute atomic E-state index is 10.3. The van der Waals surface area contributed by atoms with Crippen molar-refractivity contribution in [2.24, 2.45) is 0 Å². The smallest absolute Gasteiger partial charge is 0.169 e. The number of carbonyl (C=O) groups is 1. The van der Waals surface area contributed by atoms with Gasteiger partial charge in [0.05, 0.1) is 10.6 Å². The van der Waals surface area contributed by atoms with Crippen molar-refractivity contribution in [3.05, 3.63) is 16.7 Å². The summed E-state index contributed by atoms with van der Waals surface area (Å²) in [5, 5.41) is 26.6. The molecule has 4 nitrogen and oxygen atoms in total. The van der Waals surface area contributed by atoms with Gasteiger partial charge < -0.3 is 15.3 Å². The Bertz CT molecular complexity index is 308. The van der Waals surface area contributed by atoms with Gasteiger partial charge in [0.2, 0.25) is 0 Å². The fraction of sp³-hybridized carbons (Fsp3) is 0. The van der Waals surface area contributed by atoms with E-state index in [-0.39, 0.29) is 16.9 Å². The first kappa shape index (κ1) is 8.67. The Balaban J connectivity index is 3.52. The molecule has 0 amide bonds.